The molecule has 4 N–H and O–H groups in total. The Morgan fingerprint density at radius 3 is 1.97 bits per heavy atom. The van der Waals surface area contributed by atoms with Crippen LogP contribution in [0.1, 0.15) is 34.8 Å². The van der Waals surface area contributed by atoms with Crippen LogP contribution < -0.4 is 15.5 Å². The molecule has 0 aliphatic carbocycles. The van der Waals surface area contributed by atoms with Crippen LogP contribution in [0, 0.1) is 23.7 Å². The number of rotatable bonds is 7. The first kappa shape index (κ1) is 25.3. The minimum atomic E-state index is -3.35. The maximum Gasteiger partial charge on any atom is 0.269 e. The van der Waals surface area contributed by atoms with Gasteiger partial charge in [-0.25, -0.2) is 14.3 Å². The Morgan fingerprint density at radius 2 is 1.55 bits per heavy atom. The summed E-state index contributed by atoms with van der Waals surface area (Å²) < 4.78 is 31.7. The molecule has 0 aliphatic heterocycles. The predicted octanol–water partition coefficient (Wildman–Crippen LogP) is 2.11. The third kappa shape index (κ3) is 6.53. The van der Waals surface area contributed by atoms with Gasteiger partial charge in [-0.05, 0) is 66.8 Å². The summed E-state index contributed by atoms with van der Waals surface area (Å²) in [5, 5.41) is 21.0. The van der Waals surface area contributed by atoms with E-state index < -0.39 is 36.3 Å². The van der Waals surface area contributed by atoms with E-state index in [4.69, 9.17) is 9.94 Å². The van der Waals surface area contributed by atoms with Crippen molar-refractivity contribution in [2.75, 3.05) is 7.11 Å². The van der Waals surface area contributed by atoms with Gasteiger partial charge in [0.1, 0.15) is 11.8 Å². The second-order valence-electron chi connectivity index (χ2n) is 6.83. The fourth-order valence-corrected chi connectivity index (χ4v) is 2.77. The molecule has 0 aliphatic rings. The number of hydrogen-bond acceptors (Lipinski definition) is 5. The summed E-state index contributed by atoms with van der Waals surface area (Å²) in [6, 6.07) is 10.8. The van der Waals surface area contributed by atoms with Crippen LogP contribution in [0.4, 0.5) is 8.78 Å². The zero-order valence-electron chi connectivity index (χ0n) is 17.9. The highest BCUT2D eigenvalue weighted by molar-refractivity contribution is 5.97. The van der Waals surface area contributed by atoms with Gasteiger partial charge in [-0.3, -0.25) is 14.8 Å². The lowest BCUT2D eigenvalue weighted by molar-refractivity contribution is -0.154. The molecule has 2 unspecified atom stereocenters. The number of halogens is 2. The lowest BCUT2D eigenvalue weighted by Gasteiger charge is -2.33. The molecular formula is C24H22F2N2O5. The summed E-state index contributed by atoms with van der Waals surface area (Å²) in [7, 11) is 1.57. The van der Waals surface area contributed by atoms with Gasteiger partial charge in [0.2, 0.25) is 0 Å². The molecule has 0 saturated carbocycles. The highest BCUT2D eigenvalue weighted by atomic mass is 19.3. The van der Waals surface area contributed by atoms with E-state index in [2.05, 4.69) is 23.7 Å². The van der Waals surface area contributed by atoms with E-state index in [0.29, 0.717) is 11.3 Å². The van der Waals surface area contributed by atoms with Crippen molar-refractivity contribution in [3.8, 4) is 29.4 Å². The number of alkyl halides is 2. The van der Waals surface area contributed by atoms with E-state index in [1.165, 1.54) is 36.7 Å². The Morgan fingerprint density at radius 1 is 1.03 bits per heavy atom. The van der Waals surface area contributed by atoms with Crippen LogP contribution in [-0.2, 0) is 4.79 Å². The Kier molecular flexibility index (Phi) is 8.93. The Bertz CT molecular complexity index is 1100. The summed E-state index contributed by atoms with van der Waals surface area (Å²) >= 11 is 0. The van der Waals surface area contributed by atoms with Crippen molar-refractivity contribution in [1.82, 2.24) is 10.8 Å². The fourth-order valence-electron chi connectivity index (χ4n) is 2.77. The van der Waals surface area contributed by atoms with Gasteiger partial charge in [0, 0.05) is 16.7 Å². The summed E-state index contributed by atoms with van der Waals surface area (Å²) in [6.07, 6.45) is -3.89. The summed E-state index contributed by atoms with van der Waals surface area (Å²) in [5.74, 6) is 9.52. The topological polar surface area (TPSA) is 108 Å². The van der Waals surface area contributed by atoms with Gasteiger partial charge in [0.05, 0.1) is 7.11 Å². The van der Waals surface area contributed by atoms with Crippen LogP contribution >= 0.6 is 0 Å². The molecule has 7 nitrogen and oxygen atoms in total. The van der Waals surface area contributed by atoms with E-state index in [-0.39, 0.29) is 5.56 Å². The first-order valence-corrected chi connectivity index (χ1v) is 9.76. The van der Waals surface area contributed by atoms with E-state index >= 15 is 0 Å². The molecule has 2 atom stereocenters. The molecule has 0 bridgehead atoms. The second-order valence-corrected chi connectivity index (χ2v) is 6.83. The Hall–Kier alpha value is -3.92. The SMILES string of the molecule is CCC(O)(C(F)F)C(NC(=O)c1ccc(C#CC#Cc2ccc(OC)cc2)cc1)C(=O)NO. The van der Waals surface area contributed by atoms with Gasteiger partial charge in [-0.2, -0.15) is 0 Å². The molecule has 172 valence electrons. The third-order valence-corrected chi connectivity index (χ3v) is 4.81. The number of methoxy groups -OCH3 is 1. The van der Waals surface area contributed by atoms with Crippen molar-refractivity contribution in [2.24, 2.45) is 0 Å². The van der Waals surface area contributed by atoms with Gasteiger partial charge in [-0.15, -0.1) is 0 Å². The average molecular weight is 456 g/mol. The first-order valence-electron chi connectivity index (χ1n) is 9.76. The third-order valence-electron chi connectivity index (χ3n) is 4.81. The molecule has 0 saturated heterocycles. The van der Waals surface area contributed by atoms with Crippen LogP contribution in [0.15, 0.2) is 48.5 Å². The van der Waals surface area contributed by atoms with Crippen molar-refractivity contribution in [3.63, 3.8) is 0 Å². The lowest BCUT2D eigenvalue weighted by atomic mass is 9.90. The minimum absolute atomic E-state index is 0.0355. The Balaban J connectivity index is 2.11. The highest BCUT2D eigenvalue weighted by Crippen LogP contribution is 2.25. The number of aliphatic hydroxyl groups is 1. The van der Waals surface area contributed by atoms with Crippen molar-refractivity contribution in [2.45, 2.75) is 31.4 Å². The van der Waals surface area contributed by atoms with Crippen molar-refractivity contribution < 1.29 is 33.4 Å². The normalized spacial score (nSPS) is 12.8. The first-order chi connectivity index (χ1) is 15.7. The smallest absolute Gasteiger partial charge is 0.269 e. The van der Waals surface area contributed by atoms with Crippen LogP contribution in [0.3, 0.4) is 0 Å². The largest absolute Gasteiger partial charge is 0.497 e. The summed E-state index contributed by atoms with van der Waals surface area (Å²) in [4.78, 5) is 24.3. The highest BCUT2D eigenvalue weighted by Gasteiger charge is 2.48. The molecule has 33 heavy (non-hydrogen) atoms. The molecule has 0 spiro atoms. The van der Waals surface area contributed by atoms with E-state index in [1.54, 1.807) is 31.4 Å². The van der Waals surface area contributed by atoms with Gasteiger partial charge in [0.25, 0.3) is 18.2 Å². The molecule has 9 heteroatoms. The van der Waals surface area contributed by atoms with Crippen LogP contribution in [-0.4, -0.2) is 47.3 Å². The summed E-state index contributed by atoms with van der Waals surface area (Å²) in [6.45, 7) is 1.22. The maximum atomic E-state index is 13.3. The zero-order valence-corrected chi connectivity index (χ0v) is 17.9. The van der Waals surface area contributed by atoms with Crippen LogP contribution in [0.5, 0.6) is 5.75 Å². The molecule has 2 aromatic carbocycles. The van der Waals surface area contributed by atoms with E-state index in [0.717, 1.165) is 5.56 Å². The number of hydroxylamine groups is 1. The standard InChI is InChI=1S/C24H22F2N2O5/c1-3-24(31,23(25)26)20(22(30)28-32)27-21(29)18-12-8-16(9-13-18)6-4-5-7-17-10-14-19(33-2)15-11-17/h8-15,20,23,31-32H,3H2,1-2H3,(H,27,29)(H,28,30). The van der Waals surface area contributed by atoms with Gasteiger partial charge in [-0.1, -0.05) is 18.8 Å². The quantitative estimate of drug-likeness (QED) is 0.290. The minimum Gasteiger partial charge on any atom is -0.497 e. The number of benzene rings is 2. The number of ether oxygens (including phenoxy) is 1. The molecular weight excluding hydrogens is 434 g/mol. The molecule has 2 aromatic rings. The number of carbonyl (C=O) groups is 2. The second kappa shape index (κ2) is 11.6. The van der Waals surface area contributed by atoms with Gasteiger partial charge >= 0.3 is 0 Å². The van der Waals surface area contributed by atoms with Crippen LogP contribution in [0.2, 0.25) is 0 Å². The molecule has 0 heterocycles. The Labute approximate surface area is 189 Å². The molecule has 0 fully saturated rings. The van der Waals surface area contributed by atoms with Crippen molar-refractivity contribution >= 4 is 11.8 Å². The van der Waals surface area contributed by atoms with Crippen molar-refractivity contribution in [1.29, 1.82) is 0 Å². The molecule has 0 aromatic heterocycles. The number of nitrogens with one attached hydrogen (secondary N) is 2. The van der Waals surface area contributed by atoms with E-state index in [1.807, 2.05) is 5.32 Å². The van der Waals surface area contributed by atoms with Crippen molar-refractivity contribution in [3.05, 3.63) is 65.2 Å². The monoisotopic (exact) mass is 456 g/mol. The summed E-state index contributed by atoms with van der Waals surface area (Å²) in [5.41, 5.74) is -0.343. The average Bonchev–Trinajstić information content (AvgIpc) is 2.84. The molecule has 0 radical (unpaired) electrons. The molecule has 2 amide bonds. The number of amides is 2. The van der Waals surface area contributed by atoms with Gasteiger partial charge in [0.15, 0.2) is 5.60 Å². The zero-order chi connectivity index (χ0) is 24.4. The predicted molar refractivity (Wildman–Crippen MR) is 116 cm³/mol. The fraction of sp³-hybridized carbons (Fsp3) is 0.250. The number of carbonyl (C=O) groups excluding carboxylic acids is 2. The lowest BCUT2D eigenvalue weighted by Crippen LogP contribution is -2.62. The molecule has 2 rings (SSSR count). The number of hydrogen-bond donors (Lipinski definition) is 4. The van der Waals surface area contributed by atoms with E-state index in [9.17, 15) is 23.5 Å². The maximum absolute atomic E-state index is 13.3. The van der Waals surface area contributed by atoms with Crippen LogP contribution in [0.25, 0.3) is 0 Å². The van der Waals surface area contributed by atoms with Gasteiger partial charge < -0.3 is 15.2 Å².